The minimum atomic E-state index is -4.97. The molecule has 17 nitrogen and oxygen atoms in total. The van der Waals surface area contributed by atoms with E-state index in [9.17, 15) is 43.2 Å². The van der Waals surface area contributed by atoms with Crippen molar-refractivity contribution < 1.29 is 80.2 Å². The summed E-state index contributed by atoms with van der Waals surface area (Å²) in [6.45, 7) is 4.97. The number of esters is 4. The predicted octanol–water partition coefficient (Wildman–Crippen LogP) is 24.1. The molecule has 0 aliphatic carbocycles. The highest BCUT2D eigenvalue weighted by molar-refractivity contribution is 7.47. The molecule has 590 valence electrons. The Hall–Kier alpha value is -2.46. The normalized spacial score (nSPS) is 13.9. The van der Waals surface area contributed by atoms with Gasteiger partial charge in [0.05, 0.1) is 26.4 Å². The van der Waals surface area contributed by atoms with Gasteiger partial charge in [0.25, 0.3) is 0 Å². The van der Waals surface area contributed by atoms with Crippen LogP contribution in [0.15, 0.2) is 24.3 Å². The third-order valence-electron chi connectivity index (χ3n) is 18.4. The van der Waals surface area contributed by atoms with Crippen molar-refractivity contribution in [2.75, 3.05) is 39.6 Å². The molecule has 0 aromatic heterocycles. The van der Waals surface area contributed by atoms with Crippen molar-refractivity contribution in [1.29, 1.82) is 0 Å². The fraction of sp³-hybridized carbons (Fsp3) is 0.901. The molecular formula is C81H154O17P2. The number of allylic oxidation sites excluding steroid dienone is 4. The number of rotatable bonds is 80. The Morgan fingerprint density at radius 3 is 0.690 bits per heavy atom. The molecular weight excluding hydrogens is 1310 g/mol. The van der Waals surface area contributed by atoms with E-state index < -0.39 is 97.5 Å². The summed E-state index contributed by atoms with van der Waals surface area (Å²) in [5.41, 5.74) is 0. The zero-order chi connectivity index (χ0) is 73.2. The average Bonchev–Trinajstić information content (AvgIpc) is 1.01. The lowest BCUT2D eigenvalue weighted by Gasteiger charge is -2.21. The quantitative estimate of drug-likeness (QED) is 0.0169. The molecule has 0 fully saturated rings. The zero-order valence-corrected chi connectivity index (χ0v) is 66.5. The second kappa shape index (κ2) is 74.8. The van der Waals surface area contributed by atoms with Crippen LogP contribution in [0.5, 0.6) is 0 Å². The van der Waals surface area contributed by atoms with E-state index in [0.717, 1.165) is 128 Å². The summed E-state index contributed by atoms with van der Waals surface area (Å²) in [5, 5.41) is 10.6. The van der Waals surface area contributed by atoms with Crippen molar-refractivity contribution in [3.8, 4) is 0 Å². The molecule has 2 unspecified atom stereocenters. The first-order chi connectivity index (χ1) is 48.7. The maximum Gasteiger partial charge on any atom is 0.472 e. The average molecular weight is 1460 g/mol. The molecule has 100 heavy (non-hydrogen) atoms. The summed E-state index contributed by atoms with van der Waals surface area (Å²) < 4.78 is 68.7. The number of hydrogen-bond acceptors (Lipinski definition) is 15. The first-order valence-corrected chi connectivity index (χ1v) is 44.6. The van der Waals surface area contributed by atoms with Crippen LogP contribution in [0.1, 0.15) is 413 Å². The van der Waals surface area contributed by atoms with Crippen molar-refractivity contribution in [1.82, 2.24) is 0 Å². The van der Waals surface area contributed by atoms with Crippen molar-refractivity contribution >= 4 is 39.5 Å². The van der Waals surface area contributed by atoms with Gasteiger partial charge < -0.3 is 33.8 Å². The van der Waals surface area contributed by atoms with E-state index in [1.807, 2.05) is 0 Å². The van der Waals surface area contributed by atoms with Gasteiger partial charge in [-0.3, -0.25) is 37.3 Å². The lowest BCUT2D eigenvalue weighted by Crippen LogP contribution is -2.30. The van der Waals surface area contributed by atoms with Gasteiger partial charge in [0, 0.05) is 25.7 Å². The molecule has 0 amide bonds. The van der Waals surface area contributed by atoms with Gasteiger partial charge in [0.2, 0.25) is 0 Å². The van der Waals surface area contributed by atoms with Crippen LogP contribution in [0.2, 0.25) is 0 Å². The predicted molar refractivity (Wildman–Crippen MR) is 409 cm³/mol. The second-order valence-corrected chi connectivity index (χ2v) is 31.3. The number of phosphoric acid groups is 2. The highest BCUT2D eigenvalue weighted by atomic mass is 31.2. The van der Waals surface area contributed by atoms with E-state index in [1.54, 1.807) is 0 Å². The SMILES string of the molecule is CCCCCCCC/C=C\CCCCCCCC(=O)OC[C@H](COP(=O)(O)OCC(O)COP(=O)(O)OC[C@@H](COC(=O)CCCCCCC/C=C\CCCCCCCC)OC(=O)CCCCCCCCCCCCCCCCC)OC(=O)CCCCCCCCCCCCCCCCC. The first-order valence-electron chi connectivity index (χ1n) is 41.6. The van der Waals surface area contributed by atoms with Gasteiger partial charge in [0.15, 0.2) is 12.2 Å². The van der Waals surface area contributed by atoms with Crippen LogP contribution in [0.3, 0.4) is 0 Å². The lowest BCUT2D eigenvalue weighted by atomic mass is 10.0. The third-order valence-corrected chi connectivity index (χ3v) is 20.3. The van der Waals surface area contributed by atoms with E-state index in [1.165, 1.54) is 205 Å². The van der Waals surface area contributed by atoms with Gasteiger partial charge in [-0.2, -0.15) is 0 Å². The fourth-order valence-electron chi connectivity index (χ4n) is 12.0. The van der Waals surface area contributed by atoms with Crippen LogP contribution in [0.4, 0.5) is 0 Å². The number of carbonyl (C=O) groups excluding carboxylic acids is 4. The molecule has 0 aliphatic rings. The summed E-state index contributed by atoms with van der Waals surface area (Å²) in [6.07, 6.45) is 70.0. The molecule has 3 N–H and O–H groups in total. The van der Waals surface area contributed by atoms with Crippen molar-refractivity contribution in [3.05, 3.63) is 24.3 Å². The lowest BCUT2D eigenvalue weighted by molar-refractivity contribution is -0.161. The topological polar surface area (TPSA) is 237 Å². The molecule has 0 bridgehead atoms. The molecule has 0 spiro atoms. The standard InChI is InChI=1S/C81H154O17P2/c1-5-9-13-17-21-25-29-33-37-41-45-49-53-57-61-65-78(83)91-71-76(97-80(85)67-63-59-55-51-47-43-39-35-31-27-23-19-15-11-7-3)73-95-99(87,88)93-69-75(82)70-94-100(89,90)96-74-77(98-81(86)68-64-60-56-52-48-44-40-36-32-28-24-20-16-12-8-4)72-92-79(84)66-62-58-54-50-46-42-38-34-30-26-22-18-14-10-6-2/h33-34,37-38,75-77,82H,5-32,35-36,39-74H2,1-4H3,(H,87,88)(H,89,90)/b37-33-,38-34-/t76-,77-/m1/s1. The maximum atomic E-state index is 13.1. The van der Waals surface area contributed by atoms with Gasteiger partial charge in [-0.15, -0.1) is 0 Å². The van der Waals surface area contributed by atoms with Crippen molar-refractivity contribution in [3.63, 3.8) is 0 Å². The molecule has 0 radical (unpaired) electrons. The van der Waals surface area contributed by atoms with E-state index in [0.29, 0.717) is 25.7 Å². The van der Waals surface area contributed by atoms with Crippen LogP contribution in [0.25, 0.3) is 0 Å². The molecule has 0 saturated heterocycles. The second-order valence-electron chi connectivity index (χ2n) is 28.4. The Kier molecular flexibility index (Phi) is 73.0. The third kappa shape index (κ3) is 73.8. The summed E-state index contributed by atoms with van der Waals surface area (Å²) in [5.74, 6) is -2.14. The monoisotopic (exact) mass is 1460 g/mol. The molecule has 0 heterocycles. The molecule has 0 aromatic rings. The minimum absolute atomic E-state index is 0.104. The van der Waals surface area contributed by atoms with Gasteiger partial charge in [0.1, 0.15) is 19.3 Å². The van der Waals surface area contributed by atoms with Crippen LogP contribution in [-0.4, -0.2) is 96.7 Å². The summed E-state index contributed by atoms with van der Waals surface area (Å²) in [6, 6.07) is 0. The van der Waals surface area contributed by atoms with Gasteiger partial charge >= 0.3 is 39.5 Å². The van der Waals surface area contributed by atoms with Crippen molar-refractivity contribution in [2.24, 2.45) is 0 Å². The highest BCUT2D eigenvalue weighted by Crippen LogP contribution is 2.45. The van der Waals surface area contributed by atoms with E-state index in [-0.39, 0.29) is 25.7 Å². The van der Waals surface area contributed by atoms with Crippen LogP contribution in [-0.2, 0) is 65.4 Å². The molecule has 0 saturated carbocycles. The smallest absolute Gasteiger partial charge is 0.462 e. The molecule has 0 aromatic carbocycles. The largest absolute Gasteiger partial charge is 0.472 e. The number of hydrogen-bond donors (Lipinski definition) is 3. The van der Waals surface area contributed by atoms with Crippen LogP contribution in [0, 0.1) is 0 Å². The maximum absolute atomic E-state index is 13.1. The Bertz CT molecular complexity index is 1850. The summed E-state index contributed by atoms with van der Waals surface area (Å²) >= 11 is 0. The molecule has 4 atom stereocenters. The Labute approximate surface area is 612 Å². The molecule has 19 heteroatoms. The highest BCUT2D eigenvalue weighted by Gasteiger charge is 2.30. The van der Waals surface area contributed by atoms with Gasteiger partial charge in [-0.05, 0) is 77.0 Å². The Morgan fingerprint density at radius 1 is 0.270 bits per heavy atom. The van der Waals surface area contributed by atoms with Crippen LogP contribution >= 0.6 is 15.6 Å². The first kappa shape index (κ1) is 97.5. The summed E-state index contributed by atoms with van der Waals surface area (Å²) in [7, 11) is -9.93. The van der Waals surface area contributed by atoms with Crippen molar-refractivity contribution in [2.45, 2.75) is 431 Å². The van der Waals surface area contributed by atoms with Gasteiger partial charge in [-0.25, -0.2) is 9.13 Å². The van der Waals surface area contributed by atoms with E-state index in [2.05, 4.69) is 52.0 Å². The van der Waals surface area contributed by atoms with Gasteiger partial charge in [-0.1, -0.05) is 335 Å². The zero-order valence-electron chi connectivity index (χ0n) is 64.7. The fourth-order valence-corrected chi connectivity index (χ4v) is 13.6. The number of phosphoric ester groups is 2. The van der Waals surface area contributed by atoms with E-state index in [4.69, 9.17) is 37.0 Å². The minimum Gasteiger partial charge on any atom is -0.462 e. The number of aliphatic hydroxyl groups excluding tert-OH is 1. The van der Waals surface area contributed by atoms with E-state index >= 15 is 0 Å². The Morgan fingerprint density at radius 2 is 0.460 bits per heavy atom. The molecule has 0 rings (SSSR count). The van der Waals surface area contributed by atoms with Crippen LogP contribution < -0.4 is 0 Å². The number of aliphatic hydroxyl groups is 1. The Balaban J connectivity index is 5.30. The molecule has 0 aliphatic heterocycles. The number of carbonyl (C=O) groups is 4. The number of unbranched alkanes of at least 4 members (excludes halogenated alkanes) is 50. The summed E-state index contributed by atoms with van der Waals surface area (Å²) in [4.78, 5) is 73.1. The number of ether oxygens (including phenoxy) is 4.